The molecule has 0 radical (unpaired) electrons. The fourth-order valence-corrected chi connectivity index (χ4v) is 2.29. The third-order valence-corrected chi connectivity index (χ3v) is 3.49. The van der Waals surface area contributed by atoms with Crippen molar-refractivity contribution in [3.63, 3.8) is 0 Å². The van der Waals surface area contributed by atoms with E-state index in [0.29, 0.717) is 29.2 Å². The SMILES string of the molecule is N#Cc1noc(-c2ccc3c(c2)OCCCO3)c1Br. The van der Waals surface area contributed by atoms with Gasteiger partial charge in [0.2, 0.25) is 0 Å². The summed E-state index contributed by atoms with van der Waals surface area (Å²) in [5.74, 6) is 1.90. The molecule has 0 atom stereocenters. The van der Waals surface area contributed by atoms with E-state index >= 15 is 0 Å². The predicted molar refractivity (Wildman–Crippen MR) is 70.0 cm³/mol. The monoisotopic (exact) mass is 320 g/mol. The maximum Gasteiger partial charge on any atom is 0.198 e. The van der Waals surface area contributed by atoms with Crippen LogP contribution in [-0.2, 0) is 0 Å². The average Bonchev–Trinajstić information content (AvgIpc) is 2.66. The number of nitrogens with zero attached hydrogens (tertiary/aromatic N) is 2. The predicted octanol–water partition coefficient (Wildman–Crippen LogP) is 3.14. The van der Waals surface area contributed by atoms with Gasteiger partial charge in [-0.3, -0.25) is 0 Å². The summed E-state index contributed by atoms with van der Waals surface area (Å²) in [4.78, 5) is 0. The lowest BCUT2D eigenvalue weighted by molar-refractivity contribution is 0.297. The summed E-state index contributed by atoms with van der Waals surface area (Å²) < 4.78 is 16.9. The van der Waals surface area contributed by atoms with Crippen LogP contribution in [0.1, 0.15) is 12.1 Å². The molecule has 96 valence electrons. The minimum atomic E-state index is 0.224. The van der Waals surface area contributed by atoms with Crippen LogP contribution in [0.3, 0.4) is 0 Å². The second-order valence-electron chi connectivity index (χ2n) is 4.00. The Balaban J connectivity index is 2.04. The molecule has 6 heteroatoms. The topological polar surface area (TPSA) is 68.3 Å². The lowest BCUT2D eigenvalue weighted by Gasteiger charge is -2.07. The van der Waals surface area contributed by atoms with Crippen LogP contribution >= 0.6 is 15.9 Å². The molecule has 0 saturated carbocycles. The quantitative estimate of drug-likeness (QED) is 0.807. The summed E-state index contributed by atoms with van der Waals surface area (Å²) in [6.45, 7) is 1.27. The van der Waals surface area contributed by atoms with E-state index in [0.717, 1.165) is 17.7 Å². The maximum absolute atomic E-state index is 8.86. The van der Waals surface area contributed by atoms with Crippen LogP contribution in [0.15, 0.2) is 27.2 Å². The number of aromatic nitrogens is 1. The molecule has 1 aromatic heterocycles. The zero-order chi connectivity index (χ0) is 13.2. The van der Waals surface area contributed by atoms with Gasteiger partial charge in [0.25, 0.3) is 0 Å². The Morgan fingerprint density at radius 3 is 2.74 bits per heavy atom. The first-order valence-corrected chi connectivity index (χ1v) is 6.54. The highest BCUT2D eigenvalue weighted by molar-refractivity contribution is 9.10. The Kier molecular flexibility index (Phi) is 3.13. The molecule has 5 nitrogen and oxygen atoms in total. The molecule has 0 fully saturated rings. The molecule has 3 rings (SSSR count). The zero-order valence-corrected chi connectivity index (χ0v) is 11.4. The molecule has 2 heterocycles. The number of hydrogen-bond donors (Lipinski definition) is 0. The van der Waals surface area contributed by atoms with Gasteiger partial charge in [0.05, 0.1) is 13.2 Å². The molecular weight excluding hydrogens is 312 g/mol. The van der Waals surface area contributed by atoms with Crippen LogP contribution in [0.2, 0.25) is 0 Å². The van der Waals surface area contributed by atoms with Gasteiger partial charge in [0.15, 0.2) is 23.0 Å². The molecule has 19 heavy (non-hydrogen) atoms. The summed E-state index contributed by atoms with van der Waals surface area (Å²) >= 11 is 3.31. The molecule has 1 aromatic carbocycles. The van der Waals surface area contributed by atoms with Gasteiger partial charge in [0.1, 0.15) is 10.5 Å². The molecule has 0 bridgehead atoms. The van der Waals surface area contributed by atoms with E-state index in [1.807, 2.05) is 24.3 Å². The standard InChI is InChI=1S/C13H9BrN2O3/c14-12-9(7-15)16-19-13(12)8-2-3-10-11(6-8)18-5-1-4-17-10/h2-3,6H,1,4-5H2. The van der Waals surface area contributed by atoms with Gasteiger partial charge in [-0.15, -0.1) is 0 Å². The van der Waals surface area contributed by atoms with Gasteiger partial charge in [0, 0.05) is 12.0 Å². The van der Waals surface area contributed by atoms with Crippen molar-refractivity contribution in [2.75, 3.05) is 13.2 Å². The minimum Gasteiger partial charge on any atom is -0.490 e. The van der Waals surface area contributed by atoms with Crippen molar-refractivity contribution >= 4 is 15.9 Å². The second kappa shape index (κ2) is 4.94. The number of ether oxygens (including phenoxy) is 2. The zero-order valence-electron chi connectivity index (χ0n) is 9.85. The van der Waals surface area contributed by atoms with E-state index < -0.39 is 0 Å². The molecule has 0 unspecified atom stereocenters. The van der Waals surface area contributed by atoms with Crippen molar-refractivity contribution in [3.05, 3.63) is 28.4 Å². The largest absolute Gasteiger partial charge is 0.490 e. The maximum atomic E-state index is 8.86. The summed E-state index contributed by atoms with van der Waals surface area (Å²) in [6.07, 6.45) is 0.856. The molecule has 0 N–H and O–H groups in total. The van der Waals surface area contributed by atoms with Crippen molar-refractivity contribution in [2.24, 2.45) is 0 Å². The van der Waals surface area contributed by atoms with Crippen molar-refractivity contribution in [2.45, 2.75) is 6.42 Å². The van der Waals surface area contributed by atoms with E-state index in [-0.39, 0.29) is 5.69 Å². The Morgan fingerprint density at radius 1 is 1.21 bits per heavy atom. The molecular formula is C13H9BrN2O3. The third kappa shape index (κ3) is 2.17. The Morgan fingerprint density at radius 2 is 2.00 bits per heavy atom. The van der Waals surface area contributed by atoms with Crippen LogP contribution in [0.5, 0.6) is 11.5 Å². The van der Waals surface area contributed by atoms with Crippen molar-refractivity contribution in [3.8, 4) is 28.9 Å². The van der Waals surface area contributed by atoms with Crippen molar-refractivity contribution < 1.29 is 14.0 Å². The number of benzene rings is 1. The number of rotatable bonds is 1. The molecule has 0 aliphatic carbocycles. The highest BCUT2D eigenvalue weighted by atomic mass is 79.9. The first-order chi connectivity index (χ1) is 9.29. The Hall–Kier alpha value is -2.00. The molecule has 2 aromatic rings. The van der Waals surface area contributed by atoms with Crippen LogP contribution in [0, 0.1) is 11.3 Å². The lowest BCUT2D eigenvalue weighted by Crippen LogP contribution is -1.97. The van der Waals surface area contributed by atoms with Gasteiger partial charge in [-0.25, -0.2) is 0 Å². The lowest BCUT2D eigenvalue weighted by atomic mass is 10.1. The van der Waals surface area contributed by atoms with Gasteiger partial charge in [-0.2, -0.15) is 5.26 Å². The summed E-state index contributed by atoms with van der Waals surface area (Å²) in [7, 11) is 0. The molecule has 0 spiro atoms. The number of fused-ring (bicyclic) bond motifs is 1. The smallest absolute Gasteiger partial charge is 0.198 e. The molecule has 0 saturated heterocycles. The minimum absolute atomic E-state index is 0.224. The van der Waals surface area contributed by atoms with Crippen LogP contribution in [0.4, 0.5) is 0 Å². The van der Waals surface area contributed by atoms with Crippen LogP contribution in [0.25, 0.3) is 11.3 Å². The van der Waals surface area contributed by atoms with E-state index in [1.165, 1.54) is 0 Å². The normalized spacial score (nSPS) is 13.7. The summed E-state index contributed by atoms with van der Waals surface area (Å²) in [6, 6.07) is 7.45. The Bertz CT molecular complexity index is 660. The Labute approximate surface area is 117 Å². The van der Waals surface area contributed by atoms with Gasteiger partial charge >= 0.3 is 0 Å². The number of halogens is 1. The molecule has 1 aliphatic rings. The highest BCUT2D eigenvalue weighted by Crippen LogP contribution is 2.37. The van der Waals surface area contributed by atoms with Crippen molar-refractivity contribution in [1.82, 2.24) is 5.16 Å². The van der Waals surface area contributed by atoms with Crippen molar-refractivity contribution in [1.29, 1.82) is 5.26 Å². The third-order valence-electron chi connectivity index (χ3n) is 2.75. The first kappa shape index (κ1) is 12.1. The highest BCUT2D eigenvalue weighted by Gasteiger charge is 2.18. The molecule has 1 aliphatic heterocycles. The molecule has 0 amide bonds. The van der Waals surface area contributed by atoms with Crippen LogP contribution in [-0.4, -0.2) is 18.4 Å². The van der Waals surface area contributed by atoms with Gasteiger partial charge in [-0.1, -0.05) is 5.16 Å². The second-order valence-corrected chi connectivity index (χ2v) is 4.79. The van der Waals surface area contributed by atoms with E-state index in [2.05, 4.69) is 21.1 Å². The summed E-state index contributed by atoms with van der Waals surface area (Å²) in [5.41, 5.74) is 1.01. The number of nitriles is 1. The fourth-order valence-electron chi connectivity index (χ4n) is 1.83. The van der Waals surface area contributed by atoms with E-state index in [4.69, 9.17) is 19.3 Å². The average molecular weight is 321 g/mol. The van der Waals surface area contributed by atoms with Crippen LogP contribution < -0.4 is 9.47 Å². The fraction of sp³-hybridized carbons (Fsp3) is 0.231. The van der Waals surface area contributed by atoms with Gasteiger partial charge < -0.3 is 14.0 Å². The number of hydrogen-bond acceptors (Lipinski definition) is 5. The first-order valence-electron chi connectivity index (χ1n) is 5.75. The van der Waals surface area contributed by atoms with Gasteiger partial charge in [-0.05, 0) is 34.1 Å². The summed E-state index contributed by atoms with van der Waals surface area (Å²) in [5, 5.41) is 12.5. The van der Waals surface area contributed by atoms with E-state index in [9.17, 15) is 0 Å². The van der Waals surface area contributed by atoms with E-state index in [1.54, 1.807) is 0 Å².